The van der Waals surface area contributed by atoms with Crippen LogP contribution in [0.5, 0.6) is 0 Å². The summed E-state index contributed by atoms with van der Waals surface area (Å²) in [5, 5.41) is 14.0. The molecule has 1 amide bonds. The normalized spacial score (nSPS) is 24.1. The Labute approximate surface area is 120 Å². The Morgan fingerprint density at radius 3 is 2.55 bits per heavy atom. The van der Waals surface area contributed by atoms with Crippen molar-refractivity contribution in [2.45, 2.75) is 17.9 Å². The topological polar surface area (TPSA) is 66.4 Å². The number of carbonyl (C=O) groups is 2. The summed E-state index contributed by atoms with van der Waals surface area (Å²) >= 11 is 1.30. The quantitative estimate of drug-likeness (QED) is 0.908. The van der Waals surface area contributed by atoms with E-state index >= 15 is 0 Å². The van der Waals surface area contributed by atoms with Crippen molar-refractivity contribution in [3.05, 3.63) is 58.3 Å². The van der Waals surface area contributed by atoms with E-state index in [-0.39, 0.29) is 11.8 Å². The minimum Gasteiger partial charge on any atom is -0.479 e. The van der Waals surface area contributed by atoms with Crippen LogP contribution in [0.4, 0.5) is 0 Å². The molecule has 1 aliphatic carbocycles. The lowest BCUT2D eigenvalue weighted by Crippen LogP contribution is -2.44. The molecule has 0 bridgehead atoms. The van der Waals surface area contributed by atoms with Gasteiger partial charge in [-0.25, -0.2) is 4.79 Å². The Bertz CT molecular complexity index is 638. The molecule has 0 aliphatic heterocycles. The van der Waals surface area contributed by atoms with Crippen molar-refractivity contribution in [2.24, 2.45) is 0 Å². The number of carbonyl (C=O) groups excluding carboxylic acids is 1. The molecule has 1 aliphatic rings. The van der Waals surface area contributed by atoms with Crippen LogP contribution in [0.15, 0.2) is 47.8 Å². The molecule has 0 spiro atoms. The van der Waals surface area contributed by atoms with Crippen LogP contribution < -0.4 is 5.32 Å². The minimum absolute atomic E-state index is 0.162. The number of rotatable bonds is 4. The second-order valence-corrected chi connectivity index (χ2v) is 5.82. The van der Waals surface area contributed by atoms with Crippen LogP contribution in [0.2, 0.25) is 0 Å². The van der Waals surface area contributed by atoms with Gasteiger partial charge in [-0.2, -0.15) is 0 Å². The molecule has 0 saturated heterocycles. The molecule has 5 heteroatoms. The van der Waals surface area contributed by atoms with Crippen molar-refractivity contribution in [3.8, 4) is 0 Å². The summed E-state index contributed by atoms with van der Waals surface area (Å²) in [7, 11) is 0. The van der Waals surface area contributed by atoms with Crippen LogP contribution in [-0.4, -0.2) is 22.5 Å². The molecule has 2 aromatic rings. The first-order chi connectivity index (χ1) is 9.63. The molecule has 2 N–H and O–H groups in total. The Morgan fingerprint density at radius 1 is 1.20 bits per heavy atom. The molecular weight excluding hydrogens is 274 g/mol. The number of carboxylic acid groups (broad SMARTS) is 1. The van der Waals surface area contributed by atoms with E-state index in [0.717, 1.165) is 5.56 Å². The molecule has 1 saturated carbocycles. The van der Waals surface area contributed by atoms with Crippen LogP contribution in [0.1, 0.15) is 27.6 Å². The Morgan fingerprint density at radius 2 is 1.95 bits per heavy atom. The predicted octanol–water partition coefficient (Wildman–Crippen LogP) is 2.49. The number of thiophene rings is 1. The molecule has 4 nitrogen and oxygen atoms in total. The van der Waals surface area contributed by atoms with Gasteiger partial charge in [-0.15, -0.1) is 11.3 Å². The Kier molecular flexibility index (Phi) is 3.06. The molecular formula is C15H13NO3S. The Hall–Kier alpha value is -2.14. The number of benzene rings is 1. The maximum atomic E-state index is 12.1. The average Bonchev–Trinajstić information content (AvgIpc) is 2.94. The van der Waals surface area contributed by atoms with E-state index in [2.05, 4.69) is 5.32 Å². The molecule has 1 aromatic heterocycles. The molecule has 1 heterocycles. The third-order valence-electron chi connectivity index (χ3n) is 3.63. The maximum absolute atomic E-state index is 12.1. The zero-order chi connectivity index (χ0) is 14.2. The van der Waals surface area contributed by atoms with E-state index in [0.29, 0.717) is 11.3 Å². The number of nitrogens with one attached hydrogen (secondary N) is 1. The lowest BCUT2D eigenvalue weighted by atomic mass is 10.1. The van der Waals surface area contributed by atoms with Gasteiger partial charge in [-0.1, -0.05) is 36.4 Å². The standard InChI is InChI=1S/C15H13NO3S/c17-13(12-7-4-8-20-12)16-15(14(18)19)9-11(15)10-5-2-1-3-6-10/h1-8,11H,9H2,(H,16,17)(H,18,19). The lowest BCUT2D eigenvalue weighted by molar-refractivity contribution is -0.140. The van der Waals surface area contributed by atoms with Gasteiger partial charge in [0, 0.05) is 5.92 Å². The summed E-state index contributed by atoms with van der Waals surface area (Å²) < 4.78 is 0. The smallest absolute Gasteiger partial charge is 0.330 e. The number of amides is 1. The number of carboxylic acids is 1. The largest absolute Gasteiger partial charge is 0.479 e. The SMILES string of the molecule is O=C(NC1(C(=O)O)CC1c1ccccc1)c1cccs1. The highest BCUT2D eigenvalue weighted by molar-refractivity contribution is 7.12. The summed E-state index contributed by atoms with van der Waals surface area (Å²) in [6, 6.07) is 12.9. The van der Waals surface area contributed by atoms with Crippen molar-refractivity contribution >= 4 is 23.2 Å². The summed E-state index contributed by atoms with van der Waals surface area (Å²) in [5.74, 6) is -1.46. The van der Waals surface area contributed by atoms with Crippen LogP contribution in [0.3, 0.4) is 0 Å². The van der Waals surface area contributed by atoms with Gasteiger partial charge in [0.2, 0.25) is 0 Å². The highest BCUT2D eigenvalue weighted by Gasteiger charge is 2.62. The van der Waals surface area contributed by atoms with Gasteiger partial charge in [0.25, 0.3) is 5.91 Å². The number of hydrogen-bond donors (Lipinski definition) is 2. The maximum Gasteiger partial charge on any atom is 0.330 e. The van der Waals surface area contributed by atoms with Crippen LogP contribution in [0, 0.1) is 0 Å². The summed E-state index contributed by atoms with van der Waals surface area (Å²) in [5.41, 5.74) is -0.219. The molecule has 20 heavy (non-hydrogen) atoms. The van der Waals surface area contributed by atoms with Gasteiger partial charge < -0.3 is 10.4 Å². The van der Waals surface area contributed by atoms with E-state index < -0.39 is 11.5 Å². The van der Waals surface area contributed by atoms with Crippen molar-refractivity contribution in [1.82, 2.24) is 5.32 Å². The molecule has 1 fully saturated rings. The van der Waals surface area contributed by atoms with Crippen molar-refractivity contribution in [2.75, 3.05) is 0 Å². The summed E-state index contributed by atoms with van der Waals surface area (Å²) in [6.45, 7) is 0. The second kappa shape index (κ2) is 4.76. The molecule has 2 atom stereocenters. The fourth-order valence-corrected chi connectivity index (χ4v) is 3.07. The first-order valence-electron chi connectivity index (χ1n) is 6.28. The highest BCUT2D eigenvalue weighted by Crippen LogP contribution is 2.51. The number of aliphatic carboxylic acids is 1. The predicted molar refractivity (Wildman–Crippen MR) is 76.0 cm³/mol. The van der Waals surface area contributed by atoms with E-state index in [9.17, 15) is 14.7 Å². The van der Waals surface area contributed by atoms with Crippen LogP contribution in [0.25, 0.3) is 0 Å². The number of hydrogen-bond acceptors (Lipinski definition) is 3. The van der Waals surface area contributed by atoms with E-state index in [1.165, 1.54) is 11.3 Å². The third kappa shape index (κ3) is 2.10. The first kappa shape index (κ1) is 12.9. The van der Waals surface area contributed by atoms with Gasteiger partial charge in [-0.05, 0) is 23.4 Å². The lowest BCUT2D eigenvalue weighted by Gasteiger charge is -2.14. The highest BCUT2D eigenvalue weighted by atomic mass is 32.1. The van der Waals surface area contributed by atoms with E-state index in [1.54, 1.807) is 17.5 Å². The second-order valence-electron chi connectivity index (χ2n) is 4.88. The van der Waals surface area contributed by atoms with Crippen molar-refractivity contribution in [3.63, 3.8) is 0 Å². The first-order valence-corrected chi connectivity index (χ1v) is 7.16. The van der Waals surface area contributed by atoms with Crippen molar-refractivity contribution in [1.29, 1.82) is 0 Å². The van der Waals surface area contributed by atoms with E-state index in [4.69, 9.17) is 0 Å². The molecule has 2 unspecified atom stereocenters. The van der Waals surface area contributed by atoms with Gasteiger partial charge >= 0.3 is 5.97 Å². The minimum atomic E-state index is -1.16. The van der Waals surface area contributed by atoms with Gasteiger partial charge in [0.1, 0.15) is 5.54 Å². The molecule has 0 radical (unpaired) electrons. The van der Waals surface area contributed by atoms with Gasteiger partial charge in [-0.3, -0.25) is 4.79 Å². The average molecular weight is 287 g/mol. The van der Waals surface area contributed by atoms with Gasteiger partial charge in [0.15, 0.2) is 0 Å². The van der Waals surface area contributed by atoms with E-state index in [1.807, 2.05) is 30.3 Å². The fraction of sp³-hybridized carbons (Fsp3) is 0.200. The summed E-state index contributed by atoms with van der Waals surface area (Å²) in [6.07, 6.45) is 0.434. The third-order valence-corrected chi connectivity index (χ3v) is 4.49. The molecule has 3 rings (SSSR count). The summed E-state index contributed by atoms with van der Waals surface area (Å²) in [4.78, 5) is 24.2. The Balaban J connectivity index is 1.82. The van der Waals surface area contributed by atoms with Crippen molar-refractivity contribution < 1.29 is 14.7 Å². The zero-order valence-corrected chi connectivity index (χ0v) is 11.4. The zero-order valence-electron chi connectivity index (χ0n) is 10.6. The van der Waals surface area contributed by atoms with Gasteiger partial charge in [0.05, 0.1) is 4.88 Å². The van der Waals surface area contributed by atoms with Crippen LogP contribution in [-0.2, 0) is 4.79 Å². The molecule has 102 valence electrons. The molecule has 1 aromatic carbocycles. The fourth-order valence-electron chi connectivity index (χ4n) is 2.45. The van der Waals surface area contributed by atoms with Crippen LogP contribution >= 0.6 is 11.3 Å². The monoisotopic (exact) mass is 287 g/mol.